The molecule has 8 nitrogen and oxygen atoms in total. The van der Waals surface area contributed by atoms with Gasteiger partial charge in [0.2, 0.25) is 0 Å². The van der Waals surface area contributed by atoms with E-state index in [4.69, 9.17) is 9.47 Å². The van der Waals surface area contributed by atoms with Crippen molar-refractivity contribution in [2.75, 3.05) is 58.0 Å². The zero-order chi connectivity index (χ0) is 18.9. The summed E-state index contributed by atoms with van der Waals surface area (Å²) >= 11 is 0. The number of nitrogens with one attached hydrogen (secondary N) is 2. The van der Waals surface area contributed by atoms with Crippen molar-refractivity contribution in [3.63, 3.8) is 0 Å². The monoisotopic (exact) mass is 506 g/mol. The van der Waals surface area contributed by atoms with Crippen molar-refractivity contribution in [2.24, 2.45) is 18.0 Å². The van der Waals surface area contributed by atoms with Crippen LogP contribution in [-0.4, -0.2) is 74.9 Å². The van der Waals surface area contributed by atoms with Gasteiger partial charge in [-0.1, -0.05) is 0 Å². The lowest BCUT2D eigenvalue weighted by molar-refractivity contribution is 0.0888. The lowest BCUT2D eigenvalue weighted by Crippen LogP contribution is -2.51. The molecule has 160 valence electrons. The highest BCUT2D eigenvalue weighted by molar-refractivity contribution is 14.0. The number of halogens is 1. The first-order valence-corrected chi connectivity index (χ1v) is 10.1. The van der Waals surface area contributed by atoms with Crippen molar-refractivity contribution in [1.29, 1.82) is 0 Å². The molecule has 9 heteroatoms. The summed E-state index contributed by atoms with van der Waals surface area (Å²) in [5.41, 5.74) is 1.19. The third kappa shape index (κ3) is 7.40. The third-order valence-electron chi connectivity index (χ3n) is 5.18. The number of aromatic nitrogens is 2. The Labute approximate surface area is 185 Å². The Kier molecular flexibility index (Phi) is 10.3. The maximum Gasteiger partial charge on any atom is 0.191 e. The summed E-state index contributed by atoms with van der Waals surface area (Å²) in [6.07, 6.45) is 8.44. The van der Waals surface area contributed by atoms with Crippen molar-refractivity contribution in [3.05, 3.63) is 12.4 Å². The van der Waals surface area contributed by atoms with Gasteiger partial charge >= 0.3 is 0 Å². The van der Waals surface area contributed by atoms with Crippen LogP contribution in [-0.2, 0) is 16.5 Å². The molecule has 3 heterocycles. The Hall–Kier alpha value is -1.07. The van der Waals surface area contributed by atoms with Gasteiger partial charge in [-0.15, -0.1) is 24.0 Å². The van der Waals surface area contributed by atoms with Gasteiger partial charge in [-0.25, -0.2) is 0 Å². The van der Waals surface area contributed by atoms with E-state index in [1.54, 1.807) is 0 Å². The van der Waals surface area contributed by atoms with E-state index >= 15 is 0 Å². The molecule has 1 aromatic heterocycles. The summed E-state index contributed by atoms with van der Waals surface area (Å²) < 4.78 is 13.0. The molecule has 0 aliphatic carbocycles. The van der Waals surface area contributed by atoms with Crippen LogP contribution in [0.15, 0.2) is 17.4 Å². The normalized spacial score (nSPS) is 22.8. The fraction of sp³-hybridized carbons (Fsp3) is 0.789. The summed E-state index contributed by atoms with van der Waals surface area (Å²) in [5.74, 6) is 1.46. The van der Waals surface area contributed by atoms with Crippen LogP contribution in [0.5, 0.6) is 0 Å². The zero-order valence-electron chi connectivity index (χ0n) is 17.1. The first-order chi connectivity index (χ1) is 13.2. The minimum absolute atomic E-state index is 0. The number of aliphatic imine (C=N–C) groups is 1. The third-order valence-corrected chi connectivity index (χ3v) is 5.18. The van der Waals surface area contributed by atoms with Gasteiger partial charge in [0.05, 0.1) is 25.1 Å². The highest BCUT2D eigenvalue weighted by Crippen LogP contribution is 2.19. The predicted molar refractivity (Wildman–Crippen MR) is 123 cm³/mol. The molecule has 0 saturated carbocycles. The minimum atomic E-state index is 0. The van der Waals surface area contributed by atoms with Gasteiger partial charge in [0.15, 0.2) is 5.96 Å². The topological polar surface area (TPSA) is 75.9 Å². The van der Waals surface area contributed by atoms with Crippen LogP contribution in [0.25, 0.3) is 0 Å². The minimum Gasteiger partial charge on any atom is -0.381 e. The predicted octanol–water partition coefficient (Wildman–Crippen LogP) is 1.62. The maximum atomic E-state index is 5.75. The van der Waals surface area contributed by atoms with Crippen molar-refractivity contribution >= 4 is 35.6 Å². The van der Waals surface area contributed by atoms with Crippen LogP contribution in [0.1, 0.15) is 25.7 Å². The average Bonchev–Trinajstić information content (AvgIpc) is 3.35. The van der Waals surface area contributed by atoms with Crippen LogP contribution in [0.3, 0.4) is 0 Å². The molecule has 0 bridgehead atoms. The number of guanidine groups is 1. The average molecular weight is 506 g/mol. The second kappa shape index (κ2) is 12.5. The second-order valence-corrected chi connectivity index (χ2v) is 7.46. The van der Waals surface area contributed by atoms with Crippen molar-refractivity contribution in [1.82, 2.24) is 20.4 Å². The largest absolute Gasteiger partial charge is 0.381 e. The summed E-state index contributed by atoms with van der Waals surface area (Å²) in [5, 5.41) is 11.2. The smallest absolute Gasteiger partial charge is 0.191 e. The van der Waals surface area contributed by atoms with E-state index in [9.17, 15) is 0 Å². The lowest BCUT2D eigenvalue weighted by atomic mass is 10.1. The number of hydrogen-bond acceptors (Lipinski definition) is 5. The molecule has 2 aliphatic heterocycles. The molecule has 0 aromatic carbocycles. The van der Waals surface area contributed by atoms with Gasteiger partial charge in [-0.2, -0.15) is 5.10 Å². The van der Waals surface area contributed by atoms with Crippen LogP contribution in [0.2, 0.25) is 0 Å². The van der Waals surface area contributed by atoms with Crippen LogP contribution in [0, 0.1) is 5.92 Å². The second-order valence-electron chi connectivity index (χ2n) is 7.46. The molecule has 2 aliphatic rings. The van der Waals surface area contributed by atoms with Crippen LogP contribution < -0.4 is 15.5 Å². The molecule has 2 saturated heterocycles. The number of anilines is 1. The molecule has 2 atom stereocenters. The Morgan fingerprint density at radius 2 is 2.32 bits per heavy atom. The zero-order valence-corrected chi connectivity index (χ0v) is 19.4. The Balaban J connectivity index is 0.00000280. The van der Waals surface area contributed by atoms with Crippen molar-refractivity contribution < 1.29 is 9.47 Å². The van der Waals surface area contributed by atoms with Crippen molar-refractivity contribution in [2.45, 2.75) is 31.7 Å². The highest BCUT2D eigenvalue weighted by Gasteiger charge is 2.21. The molecule has 0 amide bonds. The molecule has 1 aromatic rings. The molecule has 2 N–H and O–H groups in total. The van der Waals surface area contributed by atoms with E-state index in [2.05, 4.69) is 31.8 Å². The standard InChI is InChI=1S/C19H34N6O2.HI/c1-20-19(21-7-4-9-26-14-16-6-10-27-15-16)23-17-5-3-8-25(12-17)18-11-22-24(2)13-18;/h11,13,16-17H,3-10,12,14-15H2,1-2H3,(H2,20,21,23);1H. The first-order valence-electron chi connectivity index (χ1n) is 10.1. The Bertz CT molecular complexity index is 591. The highest BCUT2D eigenvalue weighted by atomic mass is 127. The van der Waals surface area contributed by atoms with Gasteiger partial charge in [0, 0.05) is 65.1 Å². The summed E-state index contributed by atoms with van der Waals surface area (Å²) in [7, 11) is 3.79. The summed E-state index contributed by atoms with van der Waals surface area (Å²) in [6, 6.07) is 0.392. The molecule has 28 heavy (non-hydrogen) atoms. The van der Waals surface area contributed by atoms with E-state index in [0.717, 1.165) is 71.3 Å². The molecule has 2 unspecified atom stereocenters. The number of ether oxygens (including phenoxy) is 2. The van der Waals surface area contributed by atoms with Crippen LogP contribution in [0.4, 0.5) is 5.69 Å². The first kappa shape index (κ1) is 23.2. The van der Waals surface area contributed by atoms with Crippen molar-refractivity contribution in [3.8, 4) is 0 Å². The Morgan fingerprint density at radius 3 is 3.04 bits per heavy atom. The summed E-state index contributed by atoms with van der Waals surface area (Å²) in [6.45, 7) is 6.25. The van der Waals surface area contributed by atoms with Gasteiger partial charge in [0.25, 0.3) is 0 Å². The van der Waals surface area contributed by atoms with E-state index in [1.165, 1.54) is 12.1 Å². The fourth-order valence-corrected chi connectivity index (χ4v) is 3.63. The van der Waals surface area contributed by atoms with Crippen LogP contribution >= 0.6 is 24.0 Å². The van der Waals surface area contributed by atoms with Gasteiger partial charge in [-0.05, 0) is 25.7 Å². The van der Waals surface area contributed by atoms with E-state index in [1.807, 2.05) is 25.0 Å². The number of aryl methyl sites for hydroxylation is 1. The maximum absolute atomic E-state index is 5.75. The molecular weight excluding hydrogens is 471 g/mol. The number of piperidine rings is 1. The molecular formula is C19H35IN6O2. The van der Waals surface area contributed by atoms with Gasteiger partial charge < -0.3 is 25.0 Å². The molecule has 3 rings (SSSR count). The van der Waals surface area contributed by atoms with Gasteiger partial charge in [0.1, 0.15) is 0 Å². The van der Waals surface area contributed by atoms with E-state index in [0.29, 0.717) is 12.0 Å². The number of rotatable bonds is 8. The number of hydrogen-bond donors (Lipinski definition) is 2. The van der Waals surface area contributed by atoms with E-state index < -0.39 is 0 Å². The van der Waals surface area contributed by atoms with E-state index in [-0.39, 0.29) is 24.0 Å². The summed E-state index contributed by atoms with van der Waals surface area (Å²) in [4.78, 5) is 6.76. The fourth-order valence-electron chi connectivity index (χ4n) is 3.63. The lowest BCUT2D eigenvalue weighted by Gasteiger charge is -2.34. The molecule has 0 spiro atoms. The molecule has 2 fully saturated rings. The quantitative estimate of drug-likeness (QED) is 0.242. The SMILES string of the molecule is CN=C(NCCCOCC1CCOC1)NC1CCCN(c2cnn(C)c2)C1.I. The Morgan fingerprint density at radius 1 is 1.43 bits per heavy atom. The molecule has 0 radical (unpaired) electrons. The van der Waals surface area contributed by atoms with Gasteiger partial charge in [-0.3, -0.25) is 9.67 Å². The number of nitrogens with zero attached hydrogens (tertiary/aromatic N) is 4.